The lowest BCUT2D eigenvalue weighted by molar-refractivity contribution is -0.119. The molecule has 0 bridgehead atoms. The van der Waals surface area contributed by atoms with Crippen molar-refractivity contribution in [2.75, 3.05) is 49.5 Å². The maximum absolute atomic E-state index is 13.7. The molecular formula is C85H98ClFN10O7. The molecule has 5 aromatic heterocycles. The van der Waals surface area contributed by atoms with Crippen molar-refractivity contribution in [3.63, 3.8) is 0 Å². The Morgan fingerprint density at radius 3 is 1.06 bits per heavy atom. The fraction of sp³-hybridized carbons (Fsp3) is 0.294. The molecular weight excluding hydrogens is 1330 g/mol. The number of methoxy groups -OCH3 is 2. The predicted octanol–water partition coefficient (Wildman–Crippen LogP) is 14.3. The third kappa shape index (κ3) is 26.0. The number of aromatic nitrogens is 5. The third-order valence-electron chi connectivity index (χ3n) is 17.4. The second-order valence-corrected chi connectivity index (χ2v) is 25.6. The molecule has 0 aliphatic carbocycles. The number of hydrogen-bond donors (Lipinski definition) is 5. The van der Waals surface area contributed by atoms with Gasteiger partial charge in [0.15, 0.2) is 0 Å². The zero-order chi connectivity index (χ0) is 75.7. The van der Waals surface area contributed by atoms with Gasteiger partial charge < -0.3 is 36.1 Å². The molecule has 17 nitrogen and oxygen atoms in total. The molecule has 0 unspecified atom stereocenters. The smallest absolute Gasteiger partial charge is 0.147 e. The summed E-state index contributed by atoms with van der Waals surface area (Å²) in [6.45, 7) is 12.3. The number of ketones is 5. The fourth-order valence-electron chi connectivity index (χ4n) is 11.1. The van der Waals surface area contributed by atoms with Crippen LogP contribution in [0, 0.1) is 5.82 Å². The minimum atomic E-state index is -0.287. The van der Waals surface area contributed by atoms with E-state index in [1.165, 1.54) is 17.2 Å². The van der Waals surface area contributed by atoms with Gasteiger partial charge in [-0.2, -0.15) is 0 Å². The van der Waals surface area contributed by atoms with Crippen molar-refractivity contribution >= 4 is 40.5 Å². The van der Waals surface area contributed by atoms with E-state index in [1.807, 2.05) is 159 Å². The average Bonchev–Trinajstić information content (AvgIpc) is 0.846. The van der Waals surface area contributed by atoms with Crippen LogP contribution in [0.2, 0.25) is 5.02 Å². The highest BCUT2D eigenvalue weighted by molar-refractivity contribution is 6.30. The first-order chi connectivity index (χ1) is 50.0. The zero-order valence-corrected chi connectivity index (χ0v) is 62.8. The number of carbonyl (C=O) groups excluding carboxylic acids is 5. The average molecular weight is 1430 g/mol. The Morgan fingerprint density at radius 1 is 0.375 bits per heavy atom. The summed E-state index contributed by atoms with van der Waals surface area (Å²) in [7, 11) is 12.3. The van der Waals surface area contributed by atoms with Crippen LogP contribution in [0.3, 0.4) is 0 Å². The van der Waals surface area contributed by atoms with Gasteiger partial charge in [-0.3, -0.25) is 48.9 Å². The number of ether oxygens (including phenoxy) is 2. The largest absolute Gasteiger partial charge is 0.497 e. The van der Waals surface area contributed by atoms with Gasteiger partial charge in [-0.15, -0.1) is 0 Å². The Labute approximate surface area is 617 Å². The highest BCUT2D eigenvalue weighted by Crippen LogP contribution is 2.30. The Balaban J connectivity index is 0.000000204. The van der Waals surface area contributed by atoms with Crippen LogP contribution in [0.25, 0.3) is 56.3 Å². The maximum atomic E-state index is 13.7. The second-order valence-electron chi connectivity index (χ2n) is 25.2. The topological polar surface area (TPSA) is 228 Å². The molecule has 19 heteroatoms. The van der Waals surface area contributed by atoms with E-state index in [4.69, 9.17) is 21.1 Å². The van der Waals surface area contributed by atoms with Gasteiger partial charge in [0.25, 0.3) is 0 Å². The van der Waals surface area contributed by atoms with Gasteiger partial charge in [0.05, 0.1) is 72.9 Å². The van der Waals surface area contributed by atoms with Gasteiger partial charge in [0.1, 0.15) is 46.2 Å². The van der Waals surface area contributed by atoms with Crippen LogP contribution in [0.4, 0.5) is 4.39 Å². The van der Waals surface area contributed by atoms with Crippen LogP contribution in [0.15, 0.2) is 213 Å². The van der Waals surface area contributed by atoms with Crippen LogP contribution < -0.4 is 36.1 Å². The normalized spacial score (nSPS) is 12.1. The molecule has 0 spiro atoms. The highest BCUT2D eigenvalue weighted by atomic mass is 35.5. The molecule has 0 saturated heterocycles. The number of pyridine rings is 5. The summed E-state index contributed by atoms with van der Waals surface area (Å²) in [6, 6.07) is 56.9. The molecule has 0 aliphatic heterocycles. The van der Waals surface area contributed by atoms with Gasteiger partial charge in [-0.05, 0) is 220 Å². The number of nitrogens with one attached hydrogen (secondary N) is 5. The van der Waals surface area contributed by atoms with E-state index < -0.39 is 0 Å². The van der Waals surface area contributed by atoms with Crippen molar-refractivity contribution < 1.29 is 37.8 Å². The SMILES string of the molecule is CN[C@@H](Cc1ccc(-c2ccc(Cl)cc2)nc1)C(C)=O.CN[C@@H](Cc1ccc(-c2cccc(OC)c2)nc1)C(C)=O.CN[C@@H](Cc1ccc(-c2ccccc2C(C)C)nc1)C(C)=O.CN[C@@H](Cc1ccc(-c2ccccc2F)nc1)C(C)=O.CN[C@@H](Cc1ccc(-c2ccccc2OC)nc1)C(C)=O. The lowest BCUT2D eigenvalue weighted by Gasteiger charge is -2.14. The number of Topliss-reactive ketones (excluding diaryl/α,β-unsaturated/α-hetero) is 5. The summed E-state index contributed by atoms with van der Waals surface area (Å²) in [5.41, 5.74) is 15.3. The van der Waals surface area contributed by atoms with Crippen molar-refractivity contribution in [3.05, 3.63) is 257 Å². The quantitative estimate of drug-likeness (QED) is 0.0307. The molecule has 5 heterocycles. The Kier molecular flexibility index (Phi) is 34.3. The first-order valence-corrected chi connectivity index (χ1v) is 34.9. The molecule has 0 aliphatic rings. The van der Waals surface area contributed by atoms with E-state index in [1.54, 1.807) is 107 Å². The van der Waals surface area contributed by atoms with E-state index in [0.29, 0.717) is 54.3 Å². The number of carbonyl (C=O) groups is 5. The van der Waals surface area contributed by atoms with E-state index in [2.05, 4.69) is 89.6 Å². The third-order valence-corrected chi connectivity index (χ3v) is 17.7. The number of halogens is 2. The van der Waals surface area contributed by atoms with Gasteiger partial charge in [0, 0.05) is 63.8 Å². The van der Waals surface area contributed by atoms with E-state index >= 15 is 0 Å². The molecule has 104 heavy (non-hydrogen) atoms. The van der Waals surface area contributed by atoms with Crippen LogP contribution in [-0.2, 0) is 56.1 Å². The number of likely N-dealkylation sites (N-methyl/N-ethyl adjacent to an activating group) is 5. The fourth-order valence-corrected chi connectivity index (χ4v) is 11.3. The molecule has 5 aromatic carbocycles. The lowest BCUT2D eigenvalue weighted by atomic mass is 9.95. The Hall–Kier alpha value is -10.2. The number of hydrogen-bond acceptors (Lipinski definition) is 17. The van der Waals surface area contributed by atoms with Crippen molar-refractivity contribution in [1.29, 1.82) is 0 Å². The number of para-hydroxylation sites is 1. The number of nitrogens with zero attached hydrogens (tertiary/aromatic N) is 5. The van der Waals surface area contributed by atoms with E-state index in [9.17, 15) is 28.4 Å². The van der Waals surface area contributed by atoms with Crippen molar-refractivity contribution in [2.24, 2.45) is 0 Å². The van der Waals surface area contributed by atoms with Crippen molar-refractivity contribution in [3.8, 4) is 67.8 Å². The van der Waals surface area contributed by atoms with Gasteiger partial charge >= 0.3 is 0 Å². The summed E-state index contributed by atoms with van der Waals surface area (Å²) in [4.78, 5) is 79.5. The van der Waals surface area contributed by atoms with Crippen molar-refractivity contribution in [2.45, 2.75) is 117 Å². The molecule has 544 valence electrons. The number of benzene rings is 5. The molecule has 5 N–H and O–H groups in total. The molecule has 10 rings (SSSR count). The summed E-state index contributed by atoms with van der Waals surface area (Å²) in [5.74, 6) is 2.42. The van der Waals surface area contributed by atoms with Crippen LogP contribution in [-0.4, -0.2) is 134 Å². The molecule has 0 amide bonds. The number of rotatable bonds is 28. The second kappa shape index (κ2) is 43.1. The standard InChI is InChI=1S/C19H24N2O.2C17H20N2O2.C16H17ClN2O.C16H17FN2O/c1-13(2)16-7-5-6-8-17(16)18-10-9-15(12-21-18)11-19(20-4)14(3)22;1-12(20)17(18-2)9-13-7-8-16(19-11-13)14-5-4-6-15(10-14)21-3;1-12(20)16(18-2)10-13-8-9-15(19-11-13)14-6-4-5-7-17(14)21-3;1-11(20)16(18-2)9-12-3-8-15(19-10-12)13-4-6-14(17)7-5-13;1-11(20)16(18-2)9-12-7-8-15(19-10-12)13-5-3-4-6-14(13)17/h5-10,12-13,19-20H,11H2,1-4H3;4-8,10-11,17-18H,9H2,1-3H3;4-9,11,16,18H,10H2,1-3H3;2*3-8,10,16,18H,9H2,1-2H3/t19-;17-;3*16-/m00000/s1. The minimum absolute atomic E-state index is 0.0886. The zero-order valence-electron chi connectivity index (χ0n) is 62.1. The first-order valence-electron chi connectivity index (χ1n) is 34.5. The molecule has 10 aromatic rings. The van der Waals surface area contributed by atoms with Gasteiger partial charge in [0.2, 0.25) is 0 Å². The molecule has 0 fully saturated rings. The summed E-state index contributed by atoms with van der Waals surface area (Å²) < 4.78 is 24.2. The van der Waals surface area contributed by atoms with Crippen LogP contribution in [0.1, 0.15) is 87.8 Å². The monoisotopic (exact) mass is 1420 g/mol. The van der Waals surface area contributed by atoms with Crippen LogP contribution >= 0.6 is 11.6 Å². The van der Waals surface area contributed by atoms with Gasteiger partial charge in [-0.25, -0.2) is 4.39 Å². The van der Waals surface area contributed by atoms with Crippen molar-refractivity contribution in [1.82, 2.24) is 51.5 Å². The van der Waals surface area contributed by atoms with Gasteiger partial charge in [-0.1, -0.05) is 129 Å². The minimum Gasteiger partial charge on any atom is -0.497 e. The summed E-state index contributed by atoms with van der Waals surface area (Å²) >= 11 is 5.87. The lowest BCUT2D eigenvalue weighted by Crippen LogP contribution is -2.34. The maximum Gasteiger partial charge on any atom is 0.147 e. The van der Waals surface area contributed by atoms with Crippen LogP contribution in [0.5, 0.6) is 11.5 Å². The molecule has 0 saturated carbocycles. The molecule has 5 atom stereocenters. The summed E-state index contributed by atoms with van der Waals surface area (Å²) in [6.07, 6.45) is 12.2. The highest BCUT2D eigenvalue weighted by Gasteiger charge is 2.19. The summed E-state index contributed by atoms with van der Waals surface area (Å²) in [5, 5.41) is 15.8. The first kappa shape index (κ1) is 82.8. The predicted molar refractivity (Wildman–Crippen MR) is 417 cm³/mol. The Bertz CT molecular complexity index is 4320. The van der Waals surface area contributed by atoms with E-state index in [-0.39, 0.29) is 64.9 Å². The van der Waals surface area contributed by atoms with E-state index in [0.717, 1.165) is 78.8 Å². The Morgan fingerprint density at radius 2 is 0.712 bits per heavy atom. The molecule has 0 radical (unpaired) electrons.